The summed E-state index contributed by atoms with van der Waals surface area (Å²) in [7, 11) is 1.53. The van der Waals surface area contributed by atoms with Gasteiger partial charge in [-0.05, 0) is 12.1 Å². The first-order valence-electron chi connectivity index (χ1n) is 5.85. The minimum atomic E-state index is -0.572. The lowest BCUT2D eigenvalue weighted by Gasteiger charge is -2.08. The van der Waals surface area contributed by atoms with Crippen LogP contribution in [0.2, 0.25) is 10.2 Å². The summed E-state index contributed by atoms with van der Waals surface area (Å²) in [5.41, 5.74) is -0.0159. The van der Waals surface area contributed by atoms with Crippen molar-refractivity contribution < 1.29 is 9.53 Å². The smallest absolute Gasteiger partial charge is 0.274 e. The number of halogens is 2. The van der Waals surface area contributed by atoms with E-state index in [2.05, 4.69) is 10.3 Å². The quantitative estimate of drug-likeness (QED) is 0.873. The number of nitrogens with one attached hydrogen (secondary N) is 1. The standard InChI is InChI=1S/C13H11Cl2N3O3/c1-21-9-4-2-3-8(5-9)17-10(19)6-18-7-16-12(15)11(14)13(18)20/h2-5,7H,6H2,1H3,(H,17,19). The molecular formula is C13H11Cl2N3O3. The van der Waals surface area contributed by atoms with Crippen LogP contribution in [0.4, 0.5) is 5.69 Å². The zero-order valence-corrected chi connectivity index (χ0v) is 12.5. The molecular weight excluding hydrogens is 317 g/mol. The van der Waals surface area contributed by atoms with Crippen LogP contribution in [-0.4, -0.2) is 22.6 Å². The average Bonchev–Trinajstić information content (AvgIpc) is 2.48. The third-order valence-corrected chi connectivity index (χ3v) is 3.33. The number of hydrogen-bond donors (Lipinski definition) is 1. The molecule has 0 aliphatic carbocycles. The number of ether oxygens (including phenoxy) is 1. The van der Waals surface area contributed by atoms with Crippen LogP contribution in [0.3, 0.4) is 0 Å². The number of nitrogens with zero attached hydrogens (tertiary/aromatic N) is 2. The molecule has 0 unspecified atom stereocenters. The summed E-state index contributed by atoms with van der Waals surface area (Å²) in [5.74, 6) is 0.215. The lowest BCUT2D eigenvalue weighted by atomic mass is 10.3. The monoisotopic (exact) mass is 327 g/mol. The minimum Gasteiger partial charge on any atom is -0.497 e. The van der Waals surface area contributed by atoms with Crippen LogP contribution in [0.15, 0.2) is 35.4 Å². The molecule has 21 heavy (non-hydrogen) atoms. The summed E-state index contributed by atoms with van der Waals surface area (Å²) in [6.45, 7) is -0.222. The maximum Gasteiger partial charge on any atom is 0.274 e. The summed E-state index contributed by atoms with van der Waals surface area (Å²) in [6.07, 6.45) is 1.17. The van der Waals surface area contributed by atoms with Crippen molar-refractivity contribution in [2.24, 2.45) is 0 Å². The summed E-state index contributed by atoms with van der Waals surface area (Å²) >= 11 is 11.3. The lowest BCUT2D eigenvalue weighted by Crippen LogP contribution is -2.28. The molecule has 1 aromatic heterocycles. The third-order valence-electron chi connectivity index (χ3n) is 2.61. The number of carbonyl (C=O) groups is 1. The van der Waals surface area contributed by atoms with Crippen molar-refractivity contribution in [2.45, 2.75) is 6.54 Å². The zero-order valence-electron chi connectivity index (χ0n) is 11.0. The molecule has 8 heteroatoms. The van der Waals surface area contributed by atoms with E-state index >= 15 is 0 Å². The number of benzene rings is 1. The largest absolute Gasteiger partial charge is 0.497 e. The van der Waals surface area contributed by atoms with Gasteiger partial charge in [-0.2, -0.15) is 0 Å². The van der Waals surface area contributed by atoms with Gasteiger partial charge in [-0.15, -0.1) is 0 Å². The van der Waals surface area contributed by atoms with Gasteiger partial charge >= 0.3 is 0 Å². The van der Waals surface area contributed by atoms with E-state index in [4.69, 9.17) is 27.9 Å². The van der Waals surface area contributed by atoms with E-state index in [0.29, 0.717) is 11.4 Å². The molecule has 0 saturated carbocycles. The number of hydrogen-bond acceptors (Lipinski definition) is 4. The number of anilines is 1. The van der Waals surface area contributed by atoms with Gasteiger partial charge in [0.05, 0.1) is 13.4 Å². The Kier molecular flexibility index (Phi) is 4.82. The maximum absolute atomic E-state index is 11.9. The number of amides is 1. The predicted octanol–water partition coefficient (Wildman–Crippen LogP) is 2.20. The summed E-state index contributed by atoms with van der Waals surface area (Å²) in [5, 5.41) is 2.34. The van der Waals surface area contributed by atoms with Crippen LogP contribution in [0.25, 0.3) is 0 Å². The molecule has 0 aliphatic rings. The highest BCUT2D eigenvalue weighted by Crippen LogP contribution is 2.16. The Morgan fingerprint density at radius 3 is 2.90 bits per heavy atom. The van der Waals surface area contributed by atoms with Gasteiger partial charge in [0, 0.05) is 11.8 Å². The zero-order chi connectivity index (χ0) is 15.4. The highest BCUT2D eigenvalue weighted by molar-refractivity contribution is 6.40. The maximum atomic E-state index is 11.9. The first-order valence-corrected chi connectivity index (χ1v) is 6.61. The highest BCUT2D eigenvalue weighted by Gasteiger charge is 2.10. The summed E-state index contributed by atoms with van der Waals surface area (Å²) in [6, 6.07) is 6.86. The first-order chi connectivity index (χ1) is 10.0. The lowest BCUT2D eigenvalue weighted by molar-refractivity contribution is -0.116. The fourth-order valence-electron chi connectivity index (χ4n) is 1.61. The molecule has 6 nitrogen and oxygen atoms in total. The van der Waals surface area contributed by atoms with Gasteiger partial charge in [-0.3, -0.25) is 14.2 Å². The van der Waals surface area contributed by atoms with Gasteiger partial charge in [-0.25, -0.2) is 4.98 Å². The third kappa shape index (κ3) is 3.74. The van der Waals surface area contributed by atoms with Gasteiger partial charge in [0.25, 0.3) is 5.56 Å². The first kappa shape index (κ1) is 15.3. The molecule has 1 aromatic carbocycles. The van der Waals surface area contributed by atoms with Crippen LogP contribution < -0.4 is 15.6 Å². The van der Waals surface area contributed by atoms with Gasteiger partial charge in [0.1, 0.15) is 17.3 Å². The van der Waals surface area contributed by atoms with Gasteiger partial charge < -0.3 is 10.1 Å². The van der Waals surface area contributed by atoms with Crippen LogP contribution in [0, 0.1) is 0 Å². The number of aromatic nitrogens is 2. The summed E-state index contributed by atoms with van der Waals surface area (Å²) < 4.78 is 6.13. The minimum absolute atomic E-state index is 0.0916. The van der Waals surface area contributed by atoms with E-state index in [1.807, 2.05) is 0 Å². The predicted molar refractivity (Wildman–Crippen MR) is 80.1 cm³/mol. The fourth-order valence-corrected chi connectivity index (χ4v) is 1.89. The van der Waals surface area contributed by atoms with Crippen molar-refractivity contribution in [3.05, 3.63) is 51.1 Å². The topological polar surface area (TPSA) is 73.2 Å². The van der Waals surface area contributed by atoms with Crippen LogP contribution in [0.5, 0.6) is 5.75 Å². The number of rotatable bonds is 4. The Hall–Kier alpha value is -2.05. The Bertz CT molecular complexity index is 731. The Balaban J connectivity index is 2.12. The highest BCUT2D eigenvalue weighted by atomic mass is 35.5. The van der Waals surface area contributed by atoms with Crippen LogP contribution in [-0.2, 0) is 11.3 Å². The molecule has 0 spiro atoms. The fraction of sp³-hybridized carbons (Fsp3) is 0.154. The van der Waals surface area contributed by atoms with Crippen molar-refractivity contribution in [3.8, 4) is 5.75 Å². The molecule has 1 N–H and O–H groups in total. The molecule has 0 bridgehead atoms. The van der Waals surface area contributed by atoms with E-state index < -0.39 is 11.5 Å². The van der Waals surface area contributed by atoms with Crippen LogP contribution in [0.1, 0.15) is 0 Å². The Labute approximate surface area is 130 Å². The number of methoxy groups -OCH3 is 1. The van der Waals surface area contributed by atoms with Crippen molar-refractivity contribution in [1.82, 2.24) is 9.55 Å². The molecule has 2 aromatic rings. The van der Waals surface area contributed by atoms with Crippen molar-refractivity contribution in [1.29, 1.82) is 0 Å². The molecule has 2 rings (SSSR count). The molecule has 0 saturated heterocycles. The SMILES string of the molecule is COc1cccc(NC(=O)Cn2cnc(Cl)c(Cl)c2=O)c1. The van der Waals surface area contributed by atoms with E-state index in [9.17, 15) is 9.59 Å². The summed E-state index contributed by atoms with van der Waals surface area (Å²) in [4.78, 5) is 27.4. The molecule has 0 fully saturated rings. The molecule has 110 valence electrons. The van der Waals surface area contributed by atoms with Crippen molar-refractivity contribution in [3.63, 3.8) is 0 Å². The molecule has 1 heterocycles. The van der Waals surface area contributed by atoms with Gasteiger partial charge in [0.15, 0.2) is 5.15 Å². The van der Waals surface area contributed by atoms with Crippen molar-refractivity contribution >= 4 is 34.8 Å². The molecule has 0 aliphatic heterocycles. The number of carbonyl (C=O) groups excluding carboxylic acids is 1. The van der Waals surface area contributed by atoms with E-state index in [0.717, 1.165) is 4.57 Å². The normalized spacial score (nSPS) is 10.2. The van der Waals surface area contributed by atoms with Gasteiger partial charge in [-0.1, -0.05) is 29.3 Å². The second kappa shape index (κ2) is 6.60. The Morgan fingerprint density at radius 1 is 1.43 bits per heavy atom. The molecule has 0 radical (unpaired) electrons. The van der Waals surface area contributed by atoms with E-state index in [1.54, 1.807) is 24.3 Å². The van der Waals surface area contributed by atoms with E-state index in [1.165, 1.54) is 13.4 Å². The van der Waals surface area contributed by atoms with Crippen LogP contribution >= 0.6 is 23.2 Å². The Morgan fingerprint density at radius 2 is 2.19 bits per heavy atom. The molecule has 0 atom stereocenters. The van der Waals surface area contributed by atoms with Gasteiger partial charge in [0.2, 0.25) is 5.91 Å². The molecule has 1 amide bonds. The van der Waals surface area contributed by atoms with E-state index in [-0.39, 0.29) is 16.7 Å². The second-order valence-electron chi connectivity index (χ2n) is 4.06. The average molecular weight is 328 g/mol. The second-order valence-corrected chi connectivity index (χ2v) is 4.80. The van der Waals surface area contributed by atoms with Crippen molar-refractivity contribution in [2.75, 3.05) is 12.4 Å².